The van der Waals surface area contributed by atoms with Gasteiger partial charge in [-0.05, 0) is 36.2 Å². The number of hydrogen-bond acceptors (Lipinski definition) is 5. The van der Waals surface area contributed by atoms with Gasteiger partial charge in [0.05, 0.1) is 12.3 Å². The molecule has 1 saturated carbocycles. The second kappa shape index (κ2) is 9.33. The van der Waals surface area contributed by atoms with E-state index in [1.54, 1.807) is 24.3 Å². The maximum Gasteiger partial charge on any atom is 0.251 e. The quantitative estimate of drug-likeness (QED) is 0.253. The molecule has 0 aromatic heterocycles. The summed E-state index contributed by atoms with van der Waals surface area (Å²) in [6.45, 7) is 0.702. The van der Waals surface area contributed by atoms with Crippen molar-refractivity contribution < 1.29 is 19.2 Å². The molecule has 1 aliphatic rings. The minimum absolute atomic E-state index is 0.0773. The maximum atomic E-state index is 12.2. The van der Waals surface area contributed by atoms with E-state index in [0.717, 1.165) is 0 Å². The van der Waals surface area contributed by atoms with Gasteiger partial charge in [0.1, 0.15) is 11.6 Å². The molecule has 9 heteroatoms. The molecule has 0 unspecified atom stereocenters. The fraction of sp³-hybridized carbons (Fsp3) is 0.412. The van der Waals surface area contributed by atoms with Crippen molar-refractivity contribution in [2.24, 2.45) is 11.0 Å². The molecular weight excluding hydrogens is 338 g/mol. The van der Waals surface area contributed by atoms with Gasteiger partial charge >= 0.3 is 0 Å². The second-order valence-electron chi connectivity index (χ2n) is 5.99. The summed E-state index contributed by atoms with van der Waals surface area (Å²) < 4.78 is 0. The van der Waals surface area contributed by atoms with Gasteiger partial charge in [-0.2, -0.15) is 0 Å². The summed E-state index contributed by atoms with van der Waals surface area (Å²) >= 11 is 0. The number of nitrogens with one attached hydrogen (secondary N) is 2. The van der Waals surface area contributed by atoms with Crippen molar-refractivity contribution >= 4 is 29.1 Å². The van der Waals surface area contributed by atoms with Crippen LogP contribution in [0, 0.1) is 5.92 Å². The fourth-order valence-corrected chi connectivity index (χ4v) is 2.62. The maximum absolute atomic E-state index is 12.2. The van der Waals surface area contributed by atoms with Gasteiger partial charge in [-0.3, -0.25) is 19.2 Å². The Labute approximate surface area is 149 Å². The normalized spacial score (nSPS) is 14.5. The zero-order valence-corrected chi connectivity index (χ0v) is 14.1. The van der Waals surface area contributed by atoms with Crippen LogP contribution < -0.4 is 10.6 Å². The first kappa shape index (κ1) is 19.1. The lowest BCUT2D eigenvalue weighted by Gasteiger charge is -2.19. The third-order valence-corrected chi connectivity index (χ3v) is 3.91. The van der Waals surface area contributed by atoms with E-state index in [4.69, 9.17) is 5.53 Å². The molecule has 2 N–H and O–H groups in total. The third-order valence-electron chi connectivity index (χ3n) is 3.91. The van der Waals surface area contributed by atoms with Crippen LogP contribution in [0.15, 0.2) is 29.4 Å². The Kier molecular flexibility index (Phi) is 6.87. The number of rotatable bonds is 7. The highest BCUT2D eigenvalue weighted by Crippen LogP contribution is 2.21. The van der Waals surface area contributed by atoms with E-state index in [1.807, 2.05) is 0 Å². The van der Waals surface area contributed by atoms with Crippen LogP contribution >= 0.6 is 0 Å². The van der Waals surface area contributed by atoms with Gasteiger partial charge in [-0.1, -0.05) is 5.11 Å². The number of hydrogen-bond donors (Lipinski definition) is 2. The lowest BCUT2D eigenvalue weighted by atomic mass is 9.87. The van der Waals surface area contributed by atoms with E-state index in [0.29, 0.717) is 30.8 Å². The number of Topliss-reactive ketones (excluding diaryl/α,β-unsaturated/α-hetero) is 2. The van der Waals surface area contributed by atoms with Gasteiger partial charge in [-0.25, -0.2) is 0 Å². The summed E-state index contributed by atoms with van der Waals surface area (Å²) in [5, 5.41) is 8.73. The molecule has 2 rings (SSSR count). The largest absolute Gasteiger partial charge is 0.352 e. The van der Waals surface area contributed by atoms with Crippen LogP contribution in [0.1, 0.15) is 36.0 Å². The molecule has 1 aliphatic carbocycles. The molecular formula is C17H19N5O4. The van der Waals surface area contributed by atoms with E-state index >= 15 is 0 Å². The molecule has 0 radical (unpaired) electrons. The van der Waals surface area contributed by atoms with E-state index in [-0.39, 0.29) is 42.6 Å². The molecule has 1 fully saturated rings. The Balaban J connectivity index is 1.85. The summed E-state index contributed by atoms with van der Waals surface area (Å²) in [6.07, 6.45) is 0.612. The summed E-state index contributed by atoms with van der Waals surface area (Å²) in [7, 11) is 0. The molecule has 0 spiro atoms. The van der Waals surface area contributed by atoms with Crippen LogP contribution in [0.5, 0.6) is 0 Å². The lowest BCUT2D eigenvalue weighted by Crippen LogP contribution is -2.32. The van der Waals surface area contributed by atoms with Gasteiger partial charge in [0, 0.05) is 42.1 Å². The molecule has 0 aliphatic heterocycles. The fourth-order valence-electron chi connectivity index (χ4n) is 2.62. The highest BCUT2D eigenvalue weighted by molar-refractivity contribution is 6.07. The SMILES string of the molecule is [N-]=[N+]=NCCCNC(=O)c1ccc(NC(=O)C2CC(=O)CC(=O)C2)cc1. The zero-order chi connectivity index (χ0) is 18.9. The van der Waals surface area contributed by atoms with Crippen molar-refractivity contribution in [2.75, 3.05) is 18.4 Å². The first-order valence-corrected chi connectivity index (χ1v) is 8.23. The molecule has 2 amide bonds. The van der Waals surface area contributed by atoms with Crippen LogP contribution in [0.25, 0.3) is 10.4 Å². The van der Waals surface area contributed by atoms with E-state index in [2.05, 4.69) is 20.7 Å². The average molecular weight is 357 g/mol. The van der Waals surface area contributed by atoms with Crippen molar-refractivity contribution in [1.29, 1.82) is 0 Å². The number of nitrogens with zero attached hydrogens (tertiary/aromatic N) is 3. The van der Waals surface area contributed by atoms with Crippen LogP contribution in [-0.4, -0.2) is 36.5 Å². The van der Waals surface area contributed by atoms with Crippen molar-refractivity contribution in [2.45, 2.75) is 25.7 Å². The van der Waals surface area contributed by atoms with Crippen molar-refractivity contribution in [3.63, 3.8) is 0 Å². The molecule has 0 saturated heterocycles. The lowest BCUT2D eigenvalue weighted by molar-refractivity contribution is -0.136. The first-order valence-electron chi connectivity index (χ1n) is 8.23. The van der Waals surface area contributed by atoms with Crippen molar-refractivity contribution in [1.82, 2.24) is 5.32 Å². The van der Waals surface area contributed by atoms with Crippen LogP contribution in [0.4, 0.5) is 5.69 Å². The molecule has 26 heavy (non-hydrogen) atoms. The Bertz CT molecular complexity index is 737. The van der Waals surface area contributed by atoms with Gasteiger partial charge in [0.2, 0.25) is 5.91 Å². The summed E-state index contributed by atoms with van der Waals surface area (Å²) in [4.78, 5) is 49.6. The third kappa shape index (κ3) is 5.71. The van der Waals surface area contributed by atoms with Crippen molar-refractivity contribution in [3.05, 3.63) is 40.3 Å². The number of ketones is 2. The van der Waals surface area contributed by atoms with Gasteiger partial charge in [-0.15, -0.1) is 0 Å². The molecule has 1 aromatic carbocycles. The Morgan fingerprint density at radius 1 is 1.15 bits per heavy atom. The summed E-state index contributed by atoms with van der Waals surface area (Å²) in [5.41, 5.74) is 9.07. The second-order valence-corrected chi connectivity index (χ2v) is 5.99. The Morgan fingerprint density at radius 2 is 1.81 bits per heavy atom. The van der Waals surface area contributed by atoms with Crippen LogP contribution in [-0.2, 0) is 14.4 Å². The van der Waals surface area contributed by atoms with Gasteiger partial charge in [0.25, 0.3) is 5.91 Å². The van der Waals surface area contributed by atoms with E-state index in [9.17, 15) is 19.2 Å². The van der Waals surface area contributed by atoms with Gasteiger partial charge in [0.15, 0.2) is 0 Å². The minimum atomic E-state index is -0.636. The number of amides is 2. The topological polar surface area (TPSA) is 141 Å². The standard InChI is InChI=1S/C17H19N5O4/c18-22-20-7-1-6-19-16(25)11-2-4-13(5-3-11)21-17(26)12-8-14(23)10-15(24)9-12/h2-5,12H,1,6-10H2,(H,19,25)(H,21,26). The minimum Gasteiger partial charge on any atom is -0.352 e. The number of benzene rings is 1. The summed E-state index contributed by atoms with van der Waals surface area (Å²) in [6, 6.07) is 6.30. The molecule has 9 nitrogen and oxygen atoms in total. The zero-order valence-electron chi connectivity index (χ0n) is 14.1. The number of carbonyl (C=O) groups is 4. The Morgan fingerprint density at radius 3 is 2.42 bits per heavy atom. The molecule has 136 valence electrons. The highest BCUT2D eigenvalue weighted by atomic mass is 16.2. The molecule has 0 bridgehead atoms. The predicted octanol–water partition coefficient (Wildman–Crippen LogP) is 1.99. The molecule has 0 atom stereocenters. The number of carbonyl (C=O) groups excluding carboxylic acids is 4. The molecule has 0 heterocycles. The first-order chi connectivity index (χ1) is 12.5. The smallest absolute Gasteiger partial charge is 0.251 e. The van der Waals surface area contributed by atoms with Crippen LogP contribution in [0.2, 0.25) is 0 Å². The highest BCUT2D eigenvalue weighted by Gasteiger charge is 2.30. The Hall–Kier alpha value is -3.19. The number of azide groups is 1. The summed E-state index contributed by atoms with van der Waals surface area (Å²) in [5.74, 6) is -1.71. The van der Waals surface area contributed by atoms with E-state index in [1.165, 1.54) is 0 Å². The monoisotopic (exact) mass is 357 g/mol. The van der Waals surface area contributed by atoms with Crippen LogP contribution in [0.3, 0.4) is 0 Å². The predicted molar refractivity (Wildman–Crippen MR) is 93.4 cm³/mol. The number of anilines is 1. The molecule has 1 aromatic rings. The van der Waals surface area contributed by atoms with Crippen molar-refractivity contribution in [3.8, 4) is 0 Å². The van der Waals surface area contributed by atoms with Gasteiger partial charge < -0.3 is 10.6 Å². The average Bonchev–Trinajstić information content (AvgIpc) is 2.61. The van der Waals surface area contributed by atoms with E-state index < -0.39 is 5.92 Å².